The van der Waals surface area contributed by atoms with Crippen LogP contribution in [0.1, 0.15) is 23.4 Å². The van der Waals surface area contributed by atoms with E-state index in [9.17, 15) is 0 Å². The first kappa shape index (κ1) is 13.1. The lowest BCUT2D eigenvalue weighted by Gasteiger charge is -2.27. The SMILES string of the molecule is CNCc1cc(C)c(N2CCCc3nn(C)cc32)nn1. The van der Waals surface area contributed by atoms with E-state index in [0.717, 1.165) is 54.4 Å². The van der Waals surface area contributed by atoms with Crippen molar-refractivity contribution in [1.82, 2.24) is 25.3 Å². The molecule has 0 aliphatic carbocycles. The maximum Gasteiger partial charge on any atom is 0.158 e. The number of anilines is 2. The summed E-state index contributed by atoms with van der Waals surface area (Å²) >= 11 is 0. The Morgan fingerprint density at radius 1 is 1.35 bits per heavy atom. The number of aromatic nitrogens is 4. The minimum absolute atomic E-state index is 0.742. The van der Waals surface area contributed by atoms with Crippen LogP contribution < -0.4 is 10.2 Å². The van der Waals surface area contributed by atoms with Gasteiger partial charge in [-0.1, -0.05) is 0 Å². The number of hydrogen-bond acceptors (Lipinski definition) is 5. The summed E-state index contributed by atoms with van der Waals surface area (Å²) in [5.74, 6) is 0.943. The first-order valence-electron chi connectivity index (χ1n) is 6.97. The molecule has 1 aliphatic heterocycles. The Balaban J connectivity index is 1.97. The summed E-state index contributed by atoms with van der Waals surface area (Å²) in [7, 11) is 3.88. The van der Waals surface area contributed by atoms with Gasteiger partial charge in [0.1, 0.15) is 0 Å². The van der Waals surface area contributed by atoms with Crippen molar-refractivity contribution < 1.29 is 0 Å². The lowest BCUT2D eigenvalue weighted by molar-refractivity contribution is 0.702. The van der Waals surface area contributed by atoms with Crippen LogP contribution in [0.15, 0.2) is 12.3 Å². The van der Waals surface area contributed by atoms with E-state index in [1.54, 1.807) is 0 Å². The van der Waals surface area contributed by atoms with Crippen LogP contribution in [0.5, 0.6) is 0 Å². The third-order valence-electron chi connectivity index (χ3n) is 3.59. The summed E-state index contributed by atoms with van der Waals surface area (Å²) in [6.45, 7) is 3.81. The molecule has 0 aromatic carbocycles. The predicted octanol–water partition coefficient (Wildman–Crippen LogP) is 1.32. The van der Waals surface area contributed by atoms with Gasteiger partial charge in [-0.05, 0) is 38.4 Å². The minimum atomic E-state index is 0.742. The fourth-order valence-electron chi connectivity index (χ4n) is 2.74. The van der Waals surface area contributed by atoms with Crippen LogP contribution in [0.3, 0.4) is 0 Å². The van der Waals surface area contributed by atoms with Crippen molar-refractivity contribution in [1.29, 1.82) is 0 Å². The highest BCUT2D eigenvalue weighted by molar-refractivity contribution is 5.65. The minimum Gasteiger partial charge on any atom is -0.322 e. The second kappa shape index (κ2) is 5.20. The molecule has 20 heavy (non-hydrogen) atoms. The van der Waals surface area contributed by atoms with Crippen molar-refractivity contribution in [3.05, 3.63) is 29.2 Å². The smallest absolute Gasteiger partial charge is 0.158 e. The first-order chi connectivity index (χ1) is 9.69. The summed E-state index contributed by atoms with van der Waals surface area (Å²) in [5.41, 5.74) is 4.44. The molecule has 0 spiro atoms. The highest BCUT2D eigenvalue weighted by Crippen LogP contribution is 2.32. The molecule has 0 atom stereocenters. The van der Waals surface area contributed by atoms with Crippen molar-refractivity contribution in [2.45, 2.75) is 26.3 Å². The largest absolute Gasteiger partial charge is 0.322 e. The van der Waals surface area contributed by atoms with Crippen LogP contribution in [0, 0.1) is 6.92 Å². The van der Waals surface area contributed by atoms with Crippen molar-refractivity contribution in [3.63, 3.8) is 0 Å². The quantitative estimate of drug-likeness (QED) is 0.913. The van der Waals surface area contributed by atoms with E-state index in [2.05, 4.69) is 44.7 Å². The van der Waals surface area contributed by atoms with Crippen LogP contribution in [-0.4, -0.2) is 33.6 Å². The summed E-state index contributed by atoms with van der Waals surface area (Å²) in [5, 5.41) is 16.4. The molecule has 0 saturated carbocycles. The second-order valence-electron chi connectivity index (χ2n) is 5.26. The van der Waals surface area contributed by atoms with Gasteiger partial charge in [0.2, 0.25) is 0 Å². The van der Waals surface area contributed by atoms with E-state index in [0.29, 0.717) is 0 Å². The third kappa shape index (κ3) is 2.27. The lowest BCUT2D eigenvalue weighted by atomic mass is 10.1. The molecule has 6 nitrogen and oxygen atoms in total. The van der Waals surface area contributed by atoms with E-state index in [-0.39, 0.29) is 0 Å². The standard InChI is InChI=1S/C14H20N6/c1-10-7-11(8-15-2)16-17-14(10)20-6-4-5-12-13(20)9-19(3)18-12/h7,9,15H,4-6,8H2,1-3H3. The van der Waals surface area contributed by atoms with Gasteiger partial charge < -0.3 is 10.2 Å². The average molecular weight is 272 g/mol. The maximum absolute atomic E-state index is 4.52. The topological polar surface area (TPSA) is 58.9 Å². The van der Waals surface area contributed by atoms with Crippen molar-refractivity contribution in [3.8, 4) is 0 Å². The second-order valence-corrected chi connectivity index (χ2v) is 5.26. The zero-order chi connectivity index (χ0) is 14.1. The monoisotopic (exact) mass is 272 g/mol. The molecule has 3 heterocycles. The van der Waals surface area contributed by atoms with Crippen LogP contribution in [-0.2, 0) is 20.0 Å². The molecular weight excluding hydrogens is 252 g/mol. The third-order valence-corrected chi connectivity index (χ3v) is 3.59. The molecule has 1 N–H and O–H groups in total. The van der Waals surface area contributed by atoms with Gasteiger partial charge in [-0.2, -0.15) is 10.2 Å². The maximum atomic E-state index is 4.52. The predicted molar refractivity (Wildman–Crippen MR) is 78.1 cm³/mol. The summed E-state index contributed by atoms with van der Waals surface area (Å²) in [6.07, 6.45) is 4.21. The molecule has 2 aromatic rings. The van der Waals surface area contributed by atoms with E-state index in [4.69, 9.17) is 0 Å². The average Bonchev–Trinajstić information content (AvgIpc) is 2.79. The van der Waals surface area contributed by atoms with Crippen LogP contribution in [0.2, 0.25) is 0 Å². The Morgan fingerprint density at radius 2 is 2.20 bits per heavy atom. The zero-order valence-electron chi connectivity index (χ0n) is 12.2. The van der Waals surface area contributed by atoms with Gasteiger partial charge in [0.25, 0.3) is 0 Å². The van der Waals surface area contributed by atoms with Crippen molar-refractivity contribution in [2.24, 2.45) is 7.05 Å². The van der Waals surface area contributed by atoms with Crippen LogP contribution >= 0.6 is 0 Å². The lowest BCUT2D eigenvalue weighted by Crippen LogP contribution is -2.26. The van der Waals surface area contributed by atoms with Gasteiger partial charge in [-0.25, -0.2) is 0 Å². The summed E-state index contributed by atoms with van der Waals surface area (Å²) in [4.78, 5) is 2.23. The van der Waals surface area contributed by atoms with E-state index in [1.165, 1.54) is 0 Å². The van der Waals surface area contributed by atoms with E-state index in [1.807, 2.05) is 18.8 Å². The highest BCUT2D eigenvalue weighted by atomic mass is 15.3. The van der Waals surface area contributed by atoms with Gasteiger partial charge in [-0.15, -0.1) is 5.10 Å². The Labute approximate surface area is 118 Å². The Hall–Kier alpha value is -1.95. The number of nitrogens with zero attached hydrogens (tertiary/aromatic N) is 5. The summed E-state index contributed by atoms with van der Waals surface area (Å²) in [6, 6.07) is 2.10. The van der Waals surface area contributed by atoms with Crippen LogP contribution in [0.25, 0.3) is 0 Å². The molecule has 6 heteroatoms. The van der Waals surface area contributed by atoms with Gasteiger partial charge in [0, 0.05) is 26.3 Å². The highest BCUT2D eigenvalue weighted by Gasteiger charge is 2.23. The molecule has 3 rings (SSSR count). The Bertz CT molecular complexity index is 618. The van der Waals surface area contributed by atoms with Gasteiger partial charge >= 0.3 is 0 Å². The number of hydrogen-bond donors (Lipinski definition) is 1. The Kier molecular flexibility index (Phi) is 3.40. The first-order valence-corrected chi connectivity index (χ1v) is 6.97. The molecule has 0 bridgehead atoms. The molecule has 0 fully saturated rings. The van der Waals surface area contributed by atoms with E-state index >= 15 is 0 Å². The van der Waals surface area contributed by atoms with Crippen LogP contribution in [0.4, 0.5) is 11.5 Å². The fourth-order valence-corrected chi connectivity index (χ4v) is 2.74. The van der Waals surface area contributed by atoms with Crippen molar-refractivity contribution >= 4 is 11.5 Å². The van der Waals surface area contributed by atoms with Gasteiger partial charge in [0.05, 0.1) is 17.1 Å². The number of rotatable bonds is 3. The fraction of sp³-hybridized carbons (Fsp3) is 0.500. The molecule has 1 aliphatic rings. The molecule has 0 unspecified atom stereocenters. The molecule has 0 amide bonds. The molecule has 0 radical (unpaired) electrons. The Morgan fingerprint density at radius 3 is 2.95 bits per heavy atom. The summed E-state index contributed by atoms with van der Waals surface area (Å²) < 4.78 is 1.88. The number of nitrogens with one attached hydrogen (secondary N) is 1. The number of aryl methyl sites for hydroxylation is 3. The van der Waals surface area contributed by atoms with Crippen molar-refractivity contribution in [2.75, 3.05) is 18.5 Å². The number of fused-ring (bicyclic) bond motifs is 1. The zero-order valence-corrected chi connectivity index (χ0v) is 12.2. The van der Waals surface area contributed by atoms with Gasteiger partial charge in [-0.3, -0.25) is 4.68 Å². The van der Waals surface area contributed by atoms with Gasteiger partial charge in [0.15, 0.2) is 5.82 Å². The van der Waals surface area contributed by atoms with E-state index < -0.39 is 0 Å². The normalized spacial score (nSPS) is 14.4. The molecule has 0 saturated heterocycles. The molecular formula is C14H20N6. The molecule has 106 valence electrons. The molecule has 2 aromatic heterocycles.